The third kappa shape index (κ3) is 2.41. The number of imidazole rings is 1. The largest absolute Gasteiger partial charge is 0.355 e. The Hall–Kier alpha value is -1.95. The van der Waals surface area contributed by atoms with Gasteiger partial charge < -0.3 is 9.47 Å². The van der Waals surface area contributed by atoms with E-state index in [-0.39, 0.29) is 0 Å². The normalized spacial score (nSPS) is 18.7. The topological polar surface area (TPSA) is 46.8 Å². The Morgan fingerprint density at radius 2 is 2.09 bits per heavy atom. The molecule has 4 rings (SSSR count). The number of thiophene rings is 1. The van der Waals surface area contributed by atoms with Crippen LogP contribution in [0.5, 0.6) is 0 Å². The molecule has 3 aromatic heterocycles. The monoisotopic (exact) mass is 327 g/mol. The van der Waals surface area contributed by atoms with Crippen molar-refractivity contribution in [3.63, 3.8) is 0 Å². The molecule has 0 saturated carbocycles. The van der Waals surface area contributed by atoms with Gasteiger partial charge in [0.2, 0.25) is 0 Å². The van der Waals surface area contributed by atoms with E-state index < -0.39 is 0 Å². The van der Waals surface area contributed by atoms with Crippen LogP contribution in [0.3, 0.4) is 0 Å². The summed E-state index contributed by atoms with van der Waals surface area (Å²) >= 11 is 1.76. The fraction of sp³-hybridized carbons (Fsp3) is 0.471. The van der Waals surface area contributed by atoms with Crippen LogP contribution in [0.2, 0.25) is 0 Å². The van der Waals surface area contributed by atoms with Crippen LogP contribution in [0.25, 0.3) is 10.2 Å². The van der Waals surface area contributed by atoms with Crippen molar-refractivity contribution >= 4 is 27.4 Å². The smallest absolute Gasteiger partial charge is 0.141 e. The van der Waals surface area contributed by atoms with E-state index in [1.807, 2.05) is 12.4 Å². The molecule has 0 aromatic carbocycles. The van der Waals surface area contributed by atoms with Gasteiger partial charge in [0.05, 0.1) is 5.39 Å². The zero-order valence-electron chi connectivity index (χ0n) is 13.8. The molecule has 1 atom stereocenters. The van der Waals surface area contributed by atoms with Crippen LogP contribution in [0, 0.1) is 13.8 Å². The van der Waals surface area contributed by atoms with Crippen LogP contribution in [-0.4, -0.2) is 32.6 Å². The van der Waals surface area contributed by atoms with Crippen molar-refractivity contribution in [3.8, 4) is 0 Å². The molecule has 0 aliphatic carbocycles. The van der Waals surface area contributed by atoms with Crippen molar-refractivity contribution in [2.75, 3.05) is 18.0 Å². The molecule has 0 unspecified atom stereocenters. The number of hydrogen-bond acceptors (Lipinski definition) is 5. The summed E-state index contributed by atoms with van der Waals surface area (Å²) in [5.74, 6) is 2.74. The van der Waals surface area contributed by atoms with Crippen LogP contribution in [0.4, 0.5) is 5.82 Å². The average molecular weight is 327 g/mol. The summed E-state index contributed by atoms with van der Waals surface area (Å²) in [6.07, 6.45) is 7.99. The van der Waals surface area contributed by atoms with Crippen molar-refractivity contribution in [1.29, 1.82) is 0 Å². The zero-order valence-corrected chi connectivity index (χ0v) is 14.6. The number of anilines is 1. The fourth-order valence-electron chi connectivity index (χ4n) is 3.55. The van der Waals surface area contributed by atoms with Crippen LogP contribution >= 0.6 is 11.3 Å². The highest BCUT2D eigenvalue weighted by molar-refractivity contribution is 7.18. The number of aryl methyl sites for hydroxylation is 3. The molecule has 5 nitrogen and oxygen atoms in total. The molecule has 6 heteroatoms. The first-order chi connectivity index (χ1) is 11.1. The van der Waals surface area contributed by atoms with E-state index in [9.17, 15) is 0 Å². The summed E-state index contributed by atoms with van der Waals surface area (Å²) in [4.78, 5) is 18.5. The van der Waals surface area contributed by atoms with Gasteiger partial charge in [-0.3, -0.25) is 0 Å². The maximum atomic E-state index is 4.64. The molecule has 23 heavy (non-hydrogen) atoms. The molecule has 1 aliphatic rings. The first-order valence-corrected chi connectivity index (χ1v) is 8.89. The van der Waals surface area contributed by atoms with E-state index >= 15 is 0 Å². The number of piperidine rings is 1. The molecule has 1 fully saturated rings. The van der Waals surface area contributed by atoms with E-state index in [0.29, 0.717) is 5.92 Å². The molecule has 3 aromatic rings. The maximum Gasteiger partial charge on any atom is 0.141 e. The third-order valence-corrected chi connectivity index (χ3v) is 6.01. The Labute approximate surface area is 140 Å². The van der Waals surface area contributed by atoms with Crippen molar-refractivity contribution in [2.45, 2.75) is 32.6 Å². The predicted molar refractivity (Wildman–Crippen MR) is 94.3 cm³/mol. The minimum atomic E-state index is 0.466. The number of rotatable bonds is 2. The average Bonchev–Trinajstić information content (AvgIpc) is 3.11. The molecule has 0 N–H and O–H groups in total. The number of nitrogens with zero attached hydrogens (tertiary/aromatic N) is 5. The van der Waals surface area contributed by atoms with E-state index in [1.54, 1.807) is 17.7 Å². The minimum Gasteiger partial charge on any atom is -0.355 e. The van der Waals surface area contributed by atoms with E-state index in [1.165, 1.54) is 34.5 Å². The number of hydrogen-bond donors (Lipinski definition) is 0. The lowest BCUT2D eigenvalue weighted by Gasteiger charge is -2.33. The van der Waals surface area contributed by atoms with Gasteiger partial charge >= 0.3 is 0 Å². The molecular weight excluding hydrogens is 306 g/mol. The Kier molecular flexibility index (Phi) is 3.56. The second-order valence-electron chi connectivity index (χ2n) is 6.34. The van der Waals surface area contributed by atoms with Gasteiger partial charge in [-0.1, -0.05) is 0 Å². The van der Waals surface area contributed by atoms with Crippen LogP contribution in [0.1, 0.15) is 35.0 Å². The molecule has 120 valence electrons. The van der Waals surface area contributed by atoms with Gasteiger partial charge in [0.1, 0.15) is 22.8 Å². The van der Waals surface area contributed by atoms with E-state index in [4.69, 9.17) is 0 Å². The molecule has 0 spiro atoms. The van der Waals surface area contributed by atoms with Crippen molar-refractivity contribution in [2.24, 2.45) is 7.05 Å². The summed E-state index contributed by atoms with van der Waals surface area (Å²) in [5.41, 5.74) is 1.32. The molecule has 1 saturated heterocycles. The summed E-state index contributed by atoms with van der Waals surface area (Å²) in [7, 11) is 2.08. The molecule has 1 aliphatic heterocycles. The van der Waals surface area contributed by atoms with Gasteiger partial charge in [0.15, 0.2) is 0 Å². The lowest BCUT2D eigenvalue weighted by Crippen LogP contribution is -2.36. The van der Waals surface area contributed by atoms with Gasteiger partial charge in [-0.15, -0.1) is 11.3 Å². The zero-order chi connectivity index (χ0) is 16.0. The highest BCUT2D eigenvalue weighted by atomic mass is 32.1. The molecule has 0 radical (unpaired) electrons. The second kappa shape index (κ2) is 5.60. The quantitative estimate of drug-likeness (QED) is 0.723. The van der Waals surface area contributed by atoms with E-state index in [0.717, 1.165) is 23.7 Å². The second-order valence-corrected chi connectivity index (χ2v) is 7.55. The third-order valence-electron chi connectivity index (χ3n) is 4.89. The lowest BCUT2D eigenvalue weighted by atomic mass is 9.97. The number of fused-ring (bicyclic) bond motifs is 1. The summed E-state index contributed by atoms with van der Waals surface area (Å²) in [5, 5.41) is 1.23. The first-order valence-electron chi connectivity index (χ1n) is 8.08. The van der Waals surface area contributed by atoms with Crippen LogP contribution < -0.4 is 4.90 Å². The molecule has 4 heterocycles. The standard InChI is InChI=1S/C17H21N5S/c1-11-12(2)23-17-14(11)16(19-10-20-17)22-7-4-5-13(9-22)15-18-6-8-21(15)3/h6,8,10,13H,4-5,7,9H2,1-3H3/t13-/m1/s1. The van der Waals surface area contributed by atoms with Crippen molar-refractivity contribution in [3.05, 3.63) is 35.0 Å². The summed E-state index contributed by atoms with van der Waals surface area (Å²) in [6, 6.07) is 0. The van der Waals surface area contributed by atoms with Gasteiger partial charge in [0, 0.05) is 43.3 Å². The highest BCUT2D eigenvalue weighted by Gasteiger charge is 2.26. The van der Waals surface area contributed by atoms with Gasteiger partial charge in [-0.2, -0.15) is 0 Å². The summed E-state index contributed by atoms with van der Waals surface area (Å²) < 4.78 is 2.14. The van der Waals surface area contributed by atoms with Gasteiger partial charge in [0.25, 0.3) is 0 Å². The molecule has 0 amide bonds. The Morgan fingerprint density at radius 1 is 1.22 bits per heavy atom. The lowest BCUT2D eigenvalue weighted by molar-refractivity contribution is 0.479. The molecular formula is C17H21N5S. The van der Waals surface area contributed by atoms with Gasteiger partial charge in [-0.25, -0.2) is 15.0 Å². The van der Waals surface area contributed by atoms with Crippen molar-refractivity contribution in [1.82, 2.24) is 19.5 Å². The van der Waals surface area contributed by atoms with Crippen LogP contribution in [-0.2, 0) is 7.05 Å². The fourth-order valence-corrected chi connectivity index (χ4v) is 4.55. The Morgan fingerprint density at radius 3 is 2.87 bits per heavy atom. The first kappa shape index (κ1) is 14.6. The van der Waals surface area contributed by atoms with E-state index in [2.05, 4.69) is 45.3 Å². The number of aromatic nitrogens is 4. The highest BCUT2D eigenvalue weighted by Crippen LogP contribution is 2.36. The SMILES string of the molecule is Cc1sc2ncnc(N3CCC[C@@H](c4nccn4C)C3)c2c1C. The molecule has 0 bridgehead atoms. The van der Waals surface area contributed by atoms with Gasteiger partial charge in [-0.05, 0) is 32.3 Å². The predicted octanol–water partition coefficient (Wildman–Crippen LogP) is 3.43. The minimum absolute atomic E-state index is 0.466. The van der Waals surface area contributed by atoms with Crippen LogP contribution in [0.15, 0.2) is 18.7 Å². The Balaban J connectivity index is 1.72. The Bertz CT molecular complexity index is 850. The summed E-state index contributed by atoms with van der Waals surface area (Å²) in [6.45, 7) is 6.38. The maximum absolute atomic E-state index is 4.64. The van der Waals surface area contributed by atoms with Crippen molar-refractivity contribution < 1.29 is 0 Å².